The molecule has 4 rings (SSSR count). The topological polar surface area (TPSA) is 46.6 Å². The fourth-order valence-corrected chi connectivity index (χ4v) is 4.77. The standard InChI is InChI=1S/C22H19Cl2NO3/c1-28-14-10-8-13(9-11-14)25-18-6-3-7-19(26)22(18)15(12-20(25)27)21-16(23)4-2-5-17(21)24/h2,4-5,8-11,15H,3,6-7,12H2,1H3. The number of amides is 1. The number of carbonyl (C=O) groups excluding carboxylic acids is 2. The van der Waals surface area contributed by atoms with Crippen LogP contribution in [0.3, 0.4) is 0 Å². The Labute approximate surface area is 173 Å². The van der Waals surface area contributed by atoms with Crippen LogP contribution in [0.4, 0.5) is 5.69 Å². The molecule has 0 fully saturated rings. The van der Waals surface area contributed by atoms with E-state index in [1.807, 2.05) is 24.3 Å². The predicted molar refractivity (Wildman–Crippen MR) is 110 cm³/mol. The van der Waals surface area contributed by atoms with Crippen molar-refractivity contribution in [2.24, 2.45) is 0 Å². The molecule has 2 aromatic rings. The van der Waals surface area contributed by atoms with Crippen molar-refractivity contribution in [3.05, 3.63) is 69.3 Å². The van der Waals surface area contributed by atoms with Crippen molar-refractivity contribution in [3.63, 3.8) is 0 Å². The van der Waals surface area contributed by atoms with Crippen LogP contribution in [0.15, 0.2) is 53.7 Å². The van der Waals surface area contributed by atoms with E-state index in [1.165, 1.54) is 0 Å². The zero-order valence-electron chi connectivity index (χ0n) is 15.4. The van der Waals surface area contributed by atoms with E-state index < -0.39 is 5.92 Å². The number of hydrogen-bond acceptors (Lipinski definition) is 3. The van der Waals surface area contributed by atoms with Crippen LogP contribution in [0.1, 0.15) is 37.2 Å². The van der Waals surface area contributed by atoms with Gasteiger partial charge in [-0.2, -0.15) is 0 Å². The highest BCUT2D eigenvalue weighted by Crippen LogP contribution is 2.46. The molecule has 0 saturated heterocycles. The van der Waals surface area contributed by atoms with Crippen molar-refractivity contribution in [1.29, 1.82) is 0 Å². The average Bonchev–Trinajstić information content (AvgIpc) is 2.68. The number of ether oxygens (including phenoxy) is 1. The number of rotatable bonds is 3. The van der Waals surface area contributed by atoms with Crippen LogP contribution in [0.5, 0.6) is 5.75 Å². The monoisotopic (exact) mass is 415 g/mol. The SMILES string of the molecule is COc1ccc(N2C(=O)CC(c3c(Cl)cccc3Cl)C3=C2CCCC3=O)cc1. The summed E-state index contributed by atoms with van der Waals surface area (Å²) in [6.45, 7) is 0. The Morgan fingerprint density at radius 2 is 1.68 bits per heavy atom. The molecular weight excluding hydrogens is 397 g/mol. The maximum atomic E-state index is 13.2. The molecule has 2 aliphatic rings. The zero-order chi connectivity index (χ0) is 19.8. The van der Waals surface area contributed by atoms with E-state index in [4.69, 9.17) is 27.9 Å². The molecule has 0 N–H and O–H groups in total. The summed E-state index contributed by atoms with van der Waals surface area (Å²) < 4.78 is 5.21. The third-order valence-corrected chi connectivity index (χ3v) is 6.01. The number of halogens is 2. The van der Waals surface area contributed by atoms with E-state index in [0.717, 1.165) is 17.8 Å². The lowest BCUT2D eigenvalue weighted by molar-refractivity contribution is -0.119. The van der Waals surface area contributed by atoms with E-state index in [1.54, 1.807) is 30.2 Å². The minimum atomic E-state index is -0.411. The lowest BCUT2D eigenvalue weighted by Gasteiger charge is -2.38. The normalized spacial score (nSPS) is 19.7. The summed E-state index contributed by atoms with van der Waals surface area (Å²) in [6.07, 6.45) is 2.01. The van der Waals surface area contributed by atoms with E-state index in [9.17, 15) is 9.59 Å². The molecule has 1 atom stereocenters. The van der Waals surface area contributed by atoms with Crippen molar-refractivity contribution < 1.29 is 14.3 Å². The molecule has 1 unspecified atom stereocenters. The predicted octanol–water partition coefficient (Wildman–Crippen LogP) is 5.53. The van der Waals surface area contributed by atoms with E-state index in [0.29, 0.717) is 39.8 Å². The minimum absolute atomic E-state index is 0.0632. The maximum Gasteiger partial charge on any atom is 0.232 e. The first-order valence-electron chi connectivity index (χ1n) is 9.18. The second kappa shape index (κ2) is 7.61. The van der Waals surface area contributed by atoms with E-state index in [-0.39, 0.29) is 18.1 Å². The van der Waals surface area contributed by atoms with Gasteiger partial charge in [0.1, 0.15) is 5.75 Å². The second-order valence-electron chi connectivity index (χ2n) is 6.96. The Bertz CT molecular complexity index is 962. The third-order valence-electron chi connectivity index (χ3n) is 5.35. The second-order valence-corrected chi connectivity index (χ2v) is 7.77. The van der Waals surface area contributed by atoms with E-state index in [2.05, 4.69) is 0 Å². The number of allylic oxidation sites excluding steroid dienone is 2. The summed E-state index contributed by atoms with van der Waals surface area (Å²) in [4.78, 5) is 27.8. The Hall–Kier alpha value is -2.30. The van der Waals surface area contributed by atoms with Gasteiger partial charge in [0.2, 0.25) is 5.91 Å². The minimum Gasteiger partial charge on any atom is -0.497 e. The Morgan fingerprint density at radius 1 is 1.00 bits per heavy atom. The van der Waals surface area contributed by atoms with Gasteiger partial charge in [0.05, 0.1) is 7.11 Å². The van der Waals surface area contributed by atoms with Gasteiger partial charge in [-0.1, -0.05) is 29.3 Å². The highest BCUT2D eigenvalue weighted by Gasteiger charge is 2.41. The zero-order valence-corrected chi connectivity index (χ0v) is 16.9. The van der Waals surface area contributed by atoms with Gasteiger partial charge in [0, 0.05) is 45.8 Å². The van der Waals surface area contributed by atoms with Crippen LogP contribution < -0.4 is 9.64 Å². The Kier molecular flexibility index (Phi) is 5.17. The number of methoxy groups -OCH3 is 1. The molecule has 1 aliphatic carbocycles. The van der Waals surface area contributed by atoms with Gasteiger partial charge in [0.15, 0.2) is 5.78 Å². The summed E-state index contributed by atoms with van der Waals surface area (Å²) >= 11 is 12.8. The average molecular weight is 416 g/mol. The molecule has 6 heteroatoms. The maximum absolute atomic E-state index is 13.2. The molecule has 2 aromatic carbocycles. The van der Waals surface area contributed by atoms with Crippen LogP contribution in [-0.4, -0.2) is 18.8 Å². The third kappa shape index (κ3) is 3.21. The summed E-state index contributed by atoms with van der Waals surface area (Å²) in [5, 5.41) is 0.960. The van der Waals surface area contributed by atoms with Crippen LogP contribution in [0.2, 0.25) is 10.0 Å². The molecule has 0 radical (unpaired) electrons. The highest BCUT2D eigenvalue weighted by molar-refractivity contribution is 6.36. The first-order valence-corrected chi connectivity index (χ1v) is 9.94. The summed E-state index contributed by atoms with van der Waals surface area (Å²) in [7, 11) is 1.60. The molecule has 28 heavy (non-hydrogen) atoms. The van der Waals surface area contributed by atoms with Crippen LogP contribution in [0.25, 0.3) is 0 Å². The van der Waals surface area contributed by atoms with Crippen molar-refractivity contribution >= 4 is 40.6 Å². The number of Topliss-reactive ketones (excluding diaryl/α,β-unsaturated/α-hetero) is 1. The van der Waals surface area contributed by atoms with Gasteiger partial charge in [-0.15, -0.1) is 0 Å². The highest BCUT2D eigenvalue weighted by atomic mass is 35.5. The van der Waals surface area contributed by atoms with Crippen LogP contribution in [-0.2, 0) is 9.59 Å². The lowest BCUT2D eigenvalue weighted by Crippen LogP contribution is -2.40. The number of hydrogen-bond donors (Lipinski definition) is 0. The first-order chi connectivity index (χ1) is 13.5. The van der Waals surface area contributed by atoms with Gasteiger partial charge in [0.25, 0.3) is 0 Å². The number of anilines is 1. The molecule has 0 bridgehead atoms. The Morgan fingerprint density at radius 3 is 2.32 bits per heavy atom. The van der Waals surface area contributed by atoms with Crippen LogP contribution >= 0.6 is 23.2 Å². The van der Waals surface area contributed by atoms with Gasteiger partial charge in [-0.25, -0.2) is 0 Å². The first kappa shape index (κ1) is 19.0. The van der Waals surface area contributed by atoms with Crippen LogP contribution in [0, 0.1) is 0 Å². The number of ketones is 1. The van der Waals surface area contributed by atoms with Crippen molar-refractivity contribution in [2.45, 2.75) is 31.6 Å². The molecule has 0 spiro atoms. The number of nitrogens with zero attached hydrogens (tertiary/aromatic N) is 1. The van der Waals surface area contributed by atoms with Gasteiger partial charge < -0.3 is 4.74 Å². The summed E-state index contributed by atoms with van der Waals surface area (Å²) in [5.74, 6) is 0.293. The molecule has 1 amide bonds. The van der Waals surface area contributed by atoms with E-state index >= 15 is 0 Å². The Balaban J connectivity index is 1.87. The molecule has 0 saturated carbocycles. The number of carbonyl (C=O) groups is 2. The van der Waals surface area contributed by atoms with Crippen molar-refractivity contribution in [3.8, 4) is 5.75 Å². The molecule has 144 valence electrons. The quantitative estimate of drug-likeness (QED) is 0.661. The lowest BCUT2D eigenvalue weighted by atomic mass is 9.77. The van der Waals surface area contributed by atoms with Gasteiger partial charge in [-0.05, 0) is 54.8 Å². The largest absolute Gasteiger partial charge is 0.497 e. The van der Waals surface area contributed by atoms with Crippen molar-refractivity contribution in [1.82, 2.24) is 0 Å². The fourth-order valence-electron chi connectivity index (χ4n) is 4.11. The number of benzene rings is 2. The molecule has 4 nitrogen and oxygen atoms in total. The molecular formula is C22H19Cl2NO3. The molecule has 0 aromatic heterocycles. The van der Waals surface area contributed by atoms with Gasteiger partial charge in [-0.3, -0.25) is 14.5 Å². The fraction of sp³-hybridized carbons (Fsp3) is 0.273. The molecule has 1 aliphatic heterocycles. The summed E-state index contributed by atoms with van der Waals surface area (Å²) in [5.41, 5.74) is 2.82. The van der Waals surface area contributed by atoms with Crippen molar-refractivity contribution in [2.75, 3.05) is 12.0 Å². The van der Waals surface area contributed by atoms with Gasteiger partial charge >= 0.3 is 0 Å². The smallest absolute Gasteiger partial charge is 0.232 e. The summed E-state index contributed by atoms with van der Waals surface area (Å²) in [6, 6.07) is 12.6. The molecule has 1 heterocycles.